The summed E-state index contributed by atoms with van der Waals surface area (Å²) in [7, 11) is 10.9. The SMILES string of the molecule is C/C=C/C[C@@H](C)[C@@H](O)[C@H]1C(=O)N[C@@H](CC)C(=O)N(C)C(OC)C(=O)N(C)[C@@H](CC(C)C)C(=O)N(C/C=C/CO)[C@@H](C(C)C)C(=O)N(C)[C@@H](CC(C)C)C(=O)N[C@@H](C)C(=O)N[C@H](C)C(=O)N(C)[C@@H](CC(C)C)C(=O)N(C)[C@@H](CC(C)C)C(=O)N(C)[C@@H](C(C)C)C(=O)N1C. The molecule has 0 aromatic heterocycles. The molecule has 0 spiro atoms. The Balaban J connectivity index is 4.59. The zero-order valence-electron chi connectivity index (χ0n) is 60.3. The minimum Gasteiger partial charge on any atom is -0.392 e. The Hall–Kier alpha value is -6.47. The summed E-state index contributed by atoms with van der Waals surface area (Å²) in [5.41, 5.74) is 0. The van der Waals surface area contributed by atoms with Gasteiger partial charge in [0, 0.05) is 63.0 Å². The third-order valence-electron chi connectivity index (χ3n) is 17.2. The predicted molar refractivity (Wildman–Crippen MR) is 354 cm³/mol. The standard InChI is InChI=1S/C67H119N11O14/c1-26-28-31-44(15)55(80)54-58(83)70-47(27-2)60(85)77(24)67(92-25)66(91)74(21)51(37-41(9)10)63(88)78(32-29-30-33-79)53(43(13)14)65(90)71(18)48(34-38(3)4)57(82)68-45(16)56(81)69-46(17)59(84)72(19)49(35-39(5)6)61(86)73(20)50(36-40(7)8)62(87)75(22)52(42(11)12)64(89)76(54)23/h26,28-30,38-55,67,79-80H,27,31-37H2,1-25H3,(H,68,82)(H,69,81)(H,70,83)/b28-26+,30-29+/t44-,45+,46-,47+,48+,49+,50+,51+,52+,53+,54+,55-,67?/m1/s1. The van der Waals surface area contributed by atoms with Gasteiger partial charge in [-0.3, -0.25) is 52.7 Å². The van der Waals surface area contributed by atoms with Crippen LogP contribution >= 0.6 is 0 Å². The smallest absolute Gasteiger partial charge is 0.273 e. The summed E-state index contributed by atoms with van der Waals surface area (Å²) in [4.78, 5) is 174. The van der Waals surface area contributed by atoms with Gasteiger partial charge in [0.25, 0.3) is 5.91 Å². The highest BCUT2D eigenvalue weighted by Crippen LogP contribution is 2.27. The number of ether oxygens (including phenoxy) is 1. The van der Waals surface area contributed by atoms with E-state index in [9.17, 15) is 34.2 Å². The Labute approximate surface area is 550 Å². The number of aliphatic hydroxyl groups is 2. The molecular weight excluding hydrogens is 1180 g/mol. The molecule has 11 amide bonds. The molecule has 0 aromatic carbocycles. The highest BCUT2D eigenvalue weighted by Gasteiger charge is 2.47. The Morgan fingerprint density at radius 1 is 0.457 bits per heavy atom. The van der Waals surface area contributed by atoms with Crippen LogP contribution in [0.25, 0.3) is 0 Å². The zero-order valence-corrected chi connectivity index (χ0v) is 60.3. The number of aliphatic hydroxyl groups excluding tert-OH is 2. The molecule has 0 bridgehead atoms. The molecule has 0 saturated carbocycles. The molecule has 0 aromatic rings. The van der Waals surface area contributed by atoms with Crippen molar-refractivity contribution in [3.63, 3.8) is 0 Å². The van der Waals surface area contributed by atoms with Gasteiger partial charge >= 0.3 is 0 Å². The van der Waals surface area contributed by atoms with E-state index in [4.69, 9.17) is 4.74 Å². The van der Waals surface area contributed by atoms with Crippen molar-refractivity contribution < 1.29 is 67.7 Å². The van der Waals surface area contributed by atoms with Gasteiger partial charge in [0.05, 0.1) is 12.7 Å². The number of nitrogens with one attached hydrogen (secondary N) is 3. The Kier molecular flexibility index (Phi) is 35.1. The number of hydrogen-bond donors (Lipinski definition) is 5. The Morgan fingerprint density at radius 2 is 0.870 bits per heavy atom. The maximum atomic E-state index is 15.5. The van der Waals surface area contributed by atoms with E-state index in [0.29, 0.717) is 0 Å². The fourth-order valence-corrected chi connectivity index (χ4v) is 11.7. The van der Waals surface area contributed by atoms with Crippen LogP contribution < -0.4 is 16.0 Å². The van der Waals surface area contributed by atoms with E-state index in [-0.39, 0.29) is 68.7 Å². The minimum atomic E-state index is -1.71. The predicted octanol–water partition coefficient (Wildman–Crippen LogP) is 3.50. The first-order valence-corrected chi connectivity index (χ1v) is 32.8. The van der Waals surface area contributed by atoms with Gasteiger partial charge < -0.3 is 70.1 Å². The molecule has 1 heterocycles. The molecule has 25 nitrogen and oxygen atoms in total. The van der Waals surface area contributed by atoms with E-state index >= 15 is 28.8 Å². The average molecular weight is 1300 g/mol. The monoisotopic (exact) mass is 1300 g/mol. The van der Waals surface area contributed by atoms with Crippen LogP contribution in [0.3, 0.4) is 0 Å². The van der Waals surface area contributed by atoms with Crippen molar-refractivity contribution in [3.8, 4) is 0 Å². The third kappa shape index (κ3) is 22.6. The van der Waals surface area contributed by atoms with Crippen LogP contribution in [0.5, 0.6) is 0 Å². The van der Waals surface area contributed by atoms with E-state index in [1.165, 1.54) is 107 Å². The van der Waals surface area contributed by atoms with Crippen LogP contribution in [0, 0.1) is 41.4 Å². The van der Waals surface area contributed by atoms with Crippen molar-refractivity contribution in [1.29, 1.82) is 0 Å². The van der Waals surface area contributed by atoms with Gasteiger partial charge in [-0.25, -0.2) is 0 Å². The molecule has 0 radical (unpaired) electrons. The second-order valence-corrected chi connectivity index (χ2v) is 27.5. The van der Waals surface area contributed by atoms with Crippen molar-refractivity contribution in [2.45, 2.75) is 229 Å². The van der Waals surface area contributed by atoms with Gasteiger partial charge in [-0.1, -0.05) is 121 Å². The second-order valence-electron chi connectivity index (χ2n) is 27.5. The number of nitrogens with zero attached hydrogens (tertiary/aromatic N) is 8. The van der Waals surface area contributed by atoms with Crippen molar-refractivity contribution in [2.75, 3.05) is 69.6 Å². The van der Waals surface area contributed by atoms with Crippen LogP contribution in [-0.2, 0) is 57.5 Å². The first-order valence-electron chi connectivity index (χ1n) is 32.8. The lowest BCUT2D eigenvalue weighted by Crippen LogP contribution is -2.64. The van der Waals surface area contributed by atoms with Gasteiger partial charge in [0.2, 0.25) is 65.3 Å². The number of methoxy groups -OCH3 is 1. The number of carbonyl (C=O) groups excluding carboxylic acids is 11. The zero-order chi connectivity index (χ0) is 71.3. The molecule has 1 fully saturated rings. The number of allylic oxidation sites excluding steroid dienone is 2. The highest BCUT2D eigenvalue weighted by molar-refractivity contribution is 6.00. The third-order valence-corrected chi connectivity index (χ3v) is 17.2. The summed E-state index contributed by atoms with van der Waals surface area (Å²) in [6.45, 7) is 29.0. The quantitative estimate of drug-likeness (QED) is 0.116. The Bertz CT molecular complexity index is 2540. The topological polar surface area (TPSA) is 299 Å². The molecule has 1 aliphatic rings. The molecule has 13 atom stereocenters. The number of likely N-dealkylation sites (N-methyl/N-ethyl adjacent to an activating group) is 7. The van der Waals surface area contributed by atoms with Gasteiger partial charge in [-0.05, 0) is 101 Å². The van der Waals surface area contributed by atoms with E-state index in [2.05, 4.69) is 16.0 Å². The van der Waals surface area contributed by atoms with Crippen molar-refractivity contribution in [2.24, 2.45) is 41.4 Å². The van der Waals surface area contributed by atoms with Crippen molar-refractivity contribution >= 4 is 65.0 Å². The van der Waals surface area contributed by atoms with Crippen LogP contribution in [0.2, 0.25) is 0 Å². The molecule has 1 rings (SSSR count). The highest BCUT2D eigenvalue weighted by atomic mass is 16.5. The van der Waals surface area contributed by atoms with Gasteiger partial charge in [0.1, 0.15) is 60.4 Å². The normalized spacial score (nSPS) is 26.8. The van der Waals surface area contributed by atoms with E-state index in [1.807, 2.05) is 55.4 Å². The fraction of sp³-hybridized carbons (Fsp3) is 0.776. The van der Waals surface area contributed by atoms with Gasteiger partial charge in [-0.2, -0.15) is 0 Å². The number of amides is 11. The number of rotatable bonds is 19. The van der Waals surface area contributed by atoms with Crippen LogP contribution in [0.1, 0.15) is 156 Å². The molecule has 5 N–H and O–H groups in total. The van der Waals surface area contributed by atoms with E-state index in [1.54, 1.807) is 60.6 Å². The molecule has 1 saturated heterocycles. The van der Waals surface area contributed by atoms with Crippen LogP contribution in [0.15, 0.2) is 24.3 Å². The summed E-state index contributed by atoms with van der Waals surface area (Å²) in [6.07, 6.45) is 3.85. The lowest BCUT2D eigenvalue weighted by atomic mass is 9.91. The maximum Gasteiger partial charge on any atom is 0.273 e. The first kappa shape index (κ1) is 83.5. The summed E-state index contributed by atoms with van der Waals surface area (Å²) in [6, 6.07) is -13.0. The molecule has 1 unspecified atom stereocenters. The molecule has 526 valence electrons. The molecule has 0 aliphatic carbocycles. The molecule has 92 heavy (non-hydrogen) atoms. The lowest BCUT2D eigenvalue weighted by Gasteiger charge is -2.42. The summed E-state index contributed by atoms with van der Waals surface area (Å²) >= 11 is 0. The summed E-state index contributed by atoms with van der Waals surface area (Å²) < 4.78 is 5.75. The fourth-order valence-electron chi connectivity index (χ4n) is 11.7. The lowest BCUT2D eigenvalue weighted by molar-refractivity contribution is -0.167. The van der Waals surface area contributed by atoms with Crippen LogP contribution in [0.4, 0.5) is 0 Å². The minimum absolute atomic E-state index is 0.0486. The summed E-state index contributed by atoms with van der Waals surface area (Å²) in [5.74, 6) is -10.7. The van der Waals surface area contributed by atoms with E-state index < -0.39 is 162 Å². The number of carbonyl (C=O) groups is 11. The summed E-state index contributed by atoms with van der Waals surface area (Å²) in [5, 5.41) is 30.2. The Morgan fingerprint density at radius 3 is 1.32 bits per heavy atom. The number of hydrogen-bond acceptors (Lipinski definition) is 14. The van der Waals surface area contributed by atoms with Crippen molar-refractivity contribution in [3.05, 3.63) is 24.3 Å². The van der Waals surface area contributed by atoms with Gasteiger partial charge in [-0.15, -0.1) is 0 Å². The largest absolute Gasteiger partial charge is 0.392 e. The maximum absolute atomic E-state index is 15.5. The first-order chi connectivity index (χ1) is 42.6. The van der Waals surface area contributed by atoms with Crippen molar-refractivity contribution in [1.82, 2.24) is 55.1 Å². The van der Waals surface area contributed by atoms with E-state index in [0.717, 1.165) is 14.7 Å². The average Bonchev–Trinajstić information content (AvgIpc) is 0.813. The molecule has 1 aliphatic heterocycles. The molecule has 25 heteroatoms. The van der Waals surface area contributed by atoms with Gasteiger partial charge in [0.15, 0.2) is 0 Å². The molecular formula is C67H119N11O14. The second kappa shape index (κ2) is 38.7. The van der Waals surface area contributed by atoms with Crippen LogP contribution in [-0.4, -0.2) is 257 Å².